The maximum atomic E-state index is 5.97. The van der Waals surface area contributed by atoms with Gasteiger partial charge in [-0.2, -0.15) is 11.3 Å². The van der Waals surface area contributed by atoms with E-state index in [9.17, 15) is 0 Å². The van der Waals surface area contributed by atoms with Crippen molar-refractivity contribution in [1.82, 2.24) is 4.57 Å². The Kier molecular flexibility index (Phi) is 3.23. The second-order valence-electron chi connectivity index (χ2n) is 3.76. The zero-order valence-electron chi connectivity index (χ0n) is 8.89. The van der Waals surface area contributed by atoms with Crippen LogP contribution < -0.4 is 5.73 Å². The molecule has 0 aliphatic heterocycles. The fourth-order valence-corrected chi connectivity index (χ4v) is 2.27. The molecule has 2 rings (SSSR count). The van der Waals surface area contributed by atoms with Gasteiger partial charge in [-0.25, -0.2) is 0 Å². The highest BCUT2D eigenvalue weighted by atomic mass is 32.1. The van der Waals surface area contributed by atoms with E-state index in [1.54, 1.807) is 11.3 Å². The van der Waals surface area contributed by atoms with Gasteiger partial charge in [0.15, 0.2) is 0 Å². The second-order valence-corrected chi connectivity index (χ2v) is 4.54. The number of hydrogen-bond donors (Lipinski definition) is 1. The van der Waals surface area contributed by atoms with Crippen LogP contribution in [0.1, 0.15) is 30.5 Å². The Hall–Kier alpha value is -1.06. The summed E-state index contributed by atoms with van der Waals surface area (Å²) in [6.07, 6.45) is 5.23. The Morgan fingerprint density at radius 2 is 2.33 bits per heavy atom. The molecular weight excluding hydrogens is 204 g/mol. The number of nitrogens with two attached hydrogens (primary N) is 1. The lowest BCUT2D eigenvalue weighted by atomic mass is 10.1. The normalized spacial score (nSPS) is 12.9. The molecule has 0 fully saturated rings. The Balaban J connectivity index is 2.07. The molecule has 3 heteroatoms. The van der Waals surface area contributed by atoms with Crippen LogP contribution in [0.5, 0.6) is 0 Å². The van der Waals surface area contributed by atoms with Crippen molar-refractivity contribution in [1.29, 1.82) is 0 Å². The van der Waals surface area contributed by atoms with Crippen LogP contribution in [0.15, 0.2) is 35.3 Å². The molecule has 2 nitrogen and oxygen atoms in total. The molecule has 0 saturated carbocycles. The molecule has 2 aromatic rings. The summed E-state index contributed by atoms with van der Waals surface area (Å²) in [5.74, 6) is 0. The molecular formula is C12H16N2S. The molecule has 1 atom stereocenters. The molecule has 0 spiro atoms. The summed E-state index contributed by atoms with van der Waals surface area (Å²) >= 11 is 1.74. The first-order valence-electron chi connectivity index (χ1n) is 5.22. The van der Waals surface area contributed by atoms with Crippen LogP contribution >= 0.6 is 11.3 Å². The van der Waals surface area contributed by atoms with Crippen molar-refractivity contribution in [2.75, 3.05) is 0 Å². The summed E-state index contributed by atoms with van der Waals surface area (Å²) in [4.78, 5) is 0. The average molecular weight is 220 g/mol. The van der Waals surface area contributed by atoms with E-state index in [0.717, 1.165) is 13.0 Å². The van der Waals surface area contributed by atoms with E-state index in [2.05, 4.69) is 46.8 Å². The van der Waals surface area contributed by atoms with Crippen LogP contribution in [0.2, 0.25) is 0 Å². The molecule has 0 aromatic carbocycles. The van der Waals surface area contributed by atoms with Crippen molar-refractivity contribution < 1.29 is 0 Å². The molecule has 15 heavy (non-hydrogen) atoms. The summed E-state index contributed by atoms with van der Waals surface area (Å²) in [6.45, 7) is 3.06. The quantitative estimate of drug-likeness (QED) is 0.843. The number of nitrogens with zero attached hydrogens (tertiary/aromatic N) is 1. The predicted molar refractivity (Wildman–Crippen MR) is 65.1 cm³/mol. The molecule has 0 amide bonds. The van der Waals surface area contributed by atoms with Gasteiger partial charge in [-0.05, 0) is 40.4 Å². The maximum absolute atomic E-state index is 5.97. The lowest BCUT2D eigenvalue weighted by Gasteiger charge is -2.05. The minimum atomic E-state index is 0.175. The van der Waals surface area contributed by atoms with Gasteiger partial charge in [0, 0.05) is 25.0 Å². The van der Waals surface area contributed by atoms with E-state index < -0.39 is 0 Å². The molecule has 0 aliphatic rings. The monoisotopic (exact) mass is 220 g/mol. The fraction of sp³-hybridized carbons (Fsp3) is 0.333. The molecule has 2 heterocycles. The third-order valence-corrected chi connectivity index (χ3v) is 3.32. The van der Waals surface area contributed by atoms with Gasteiger partial charge in [-0.3, -0.25) is 0 Å². The van der Waals surface area contributed by atoms with E-state index in [1.807, 2.05) is 0 Å². The van der Waals surface area contributed by atoms with E-state index in [4.69, 9.17) is 5.73 Å². The van der Waals surface area contributed by atoms with Crippen LogP contribution in [0, 0.1) is 0 Å². The molecule has 1 unspecified atom stereocenters. The molecule has 0 radical (unpaired) electrons. The lowest BCUT2D eigenvalue weighted by molar-refractivity contribution is 0.693. The van der Waals surface area contributed by atoms with Gasteiger partial charge >= 0.3 is 0 Å². The summed E-state index contributed by atoms with van der Waals surface area (Å²) in [7, 11) is 0. The highest BCUT2D eigenvalue weighted by Crippen LogP contribution is 2.15. The van der Waals surface area contributed by atoms with Gasteiger partial charge in [0.05, 0.1) is 0 Å². The van der Waals surface area contributed by atoms with Crippen LogP contribution in [0.4, 0.5) is 0 Å². The molecule has 0 saturated heterocycles. The lowest BCUT2D eigenvalue weighted by Crippen LogP contribution is -2.07. The Morgan fingerprint density at radius 1 is 1.47 bits per heavy atom. The Bertz CT molecular complexity index is 403. The van der Waals surface area contributed by atoms with Crippen LogP contribution in [0.3, 0.4) is 0 Å². The van der Waals surface area contributed by atoms with Crippen LogP contribution in [-0.4, -0.2) is 4.57 Å². The van der Waals surface area contributed by atoms with Crippen molar-refractivity contribution in [2.24, 2.45) is 5.73 Å². The first-order chi connectivity index (χ1) is 7.29. The number of thiophene rings is 1. The number of hydrogen-bond acceptors (Lipinski definition) is 2. The first kappa shape index (κ1) is 10.5. The minimum absolute atomic E-state index is 0.175. The summed E-state index contributed by atoms with van der Waals surface area (Å²) in [6, 6.07) is 4.44. The zero-order valence-corrected chi connectivity index (χ0v) is 9.70. The third-order valence-electron chi connectivity index (χ3n) is 2.59. The first-order valence-corrected chi connectivity index (χ1v) is 6.16. The van der Waals surface area contributed by atoms with Gasteiger partial charge in [0.1, 0.15) is 0 Å². The van der Waals surface area contributed by atoms with Crippen molar-refractivity contribution >= 4 is 11.3 Å². The summed E-state index contributed by atoms with van der Waals surface area (Å²) in [5.41, 5.74) is 8.55. The van der Waals surface area contributed by atoms with Gasteiger partial charge in [-0.1, -0.05) is 6.92 Å². The van der Waals surface area contributed by atoms with Gasteiger partial charge in [0.2, 0.25) is 0 Å². The van der Waals surface area contributed by atoms with Crippen LogP contribution in [-0.2, 0) is 6.54 Å². The molecule has 2 aromatic heterocycles. The smallest absolute Gasteiger partial charge is 0.0478 e. The third kappa shape index (κ3) is 2.49. The van der Waals surface area contributed by atoms with E-state index in [0.29, 0.717) is 0 Å². The number of aromatic nitrogens is 1. The van der Waals surface area contributed by atoms with Crippen LogP contribution in [0.25, 0.3) is 0 Å². The topological polar surface area (TPSA) is 30.9 Å². The molecule has 0 aliphatic carbocycles. The van der Waals surface area contributed by atoms with Crippen molar-refractivity contribution in [3.05, 3.63) is 46.4 Å². The molecule has 2 N–H and O–H groups in total. The summed E-state index contributed by atoms with van der Waals surface area (Å²) < 4.78 is 2.19. The second kappa shape index (κ2) is 4.64. The predicted octanol–water partition coefficient (Wildman–Crippen LogP) is 3.01. The van der Waals surface area contributed by atoms with Gasteiger partial charge < -0.3 is 10.3 Å². The largest absolute Gasteiger partial charge is 0.350 e. The standard InChI is InChI=1S/C12H16N2S/c1-2-12(13)11-3-5-14(8-11)7-10-4-6-15-9-10/h3-6,8-9,12H,2,7,13H2,1H3. The SMILES string of the molecule is CCC(N)c1ccn(Cc2ccsc2)c1. The van der Waals surface area contributed by atoms with Crippen molar-refractivity contribution in [3.63, 3.8) is 0 Å². The van der Waals surface area contributed by atoms with E-state index >= 15 is 0 Å². The zero-order chi connectivity index (χ0) is 10.7. The highest BCUT2D eigenvalue weighted by Gasteiger charge is 2.04. The van der Waals surface area contributed by atoms with Gasteiger partial charge in [-0.15, -0.1) is 0 Å². The molecule has 0 bridgehead atoms. The Morgan fingerprint density at radius 3 is 3.00 bits per heavy atom. The fourth-order valence-electron chi connectivity index (χ4n) is 1.61. The van der Waals surface area contributed by atoms with Gasteiger partial charge in [0.25, 0.3) is 0 Å². The van der Waals surface area contributed by atoms with E-state index in [-0.39, 0.29) is 6.04 Å². The number of rotatable bonds is 4. The summed E-state index contributed by atoms with van der Waals surface area (Å²) in [5, 5.41) is 4.29. The average Bonchev–Trinajstić information content (AvgIpc) is 2.88. The highest BCUT2D eigenvalue weighted by molar-refractivity contribution is 7.07. The Labute approximate surface area is 94.3 Å². The minimum Gasteiger partial charge on any atom is -0.350 e. The van der Waals surface area contributed by atoms with Crippen molar-refractivity contribution in [2.45, 2.75) is 25.9 Å². The van der Waals surface area contributed by atoms with Crippen molar-refractivity contribution in [3.8, 4) is 0 Å². The molecule has 80 valence electrons. The van der Waals surface area contributed by atoms with E-state index in [1.165, 1.54) is 11.1 Å². The maximum Gasteiger partial charge on any atom is 0.0478 e.